The van der Waals surface area contributed by atoms with E-state index in [-0.39, 0.29) is 0 Å². The molecule has 2 aromatic carbocycles. The number of anilines is 1. The van der Waals surface area contributed by atoms with E-state index in [1.165, 1.54) is 0 Å². The highest BCUT2D eigenvalue weighted by Gasteiger charge is 2.06. The van der Waals surface area contributed by atoms with Crippen molar-refractivity contribution in [2.45, 2.75) is 13.8 Å². The summed E-state index contributed by atoms with van der Waals surface area (Å²) in [7, 11) is 0. The smallest absolute Gasteiger partial charge is 0.125 e. The van der Waals surface area contributed by atoms with E-state index in [1.54, 1.807) is 12.1 Å². The highest BCUT2D eigenvalue weighted by Crippen LogP contribution is 2.32. The second kappa shape index (κ2) is 7.26. The van der Waals surface area contributed by atoms with Crippen LogP contribution in [0.1, 0.15) is 11.1 Å². The molecule has 112 valence electrons. The molecule has 0 aliphatic heterocycles. The van der Waals surface area contributed by atoms with Gasteiger partial charge in [-0.2, -0.15) is 0 Å². The molecule has 2 rings (SSSR count). The minimum atomic E-state index is 0.444. The third kappa shape index (κ3) is 4.19. The number of hydrogen-bond donors (Lipinski definition) is 1. The van der Waals surface area contributed by atoms with Crippen LogP contribution < -0.4 is 10.1 Å². The fourth-order valence-electron chi connectivity index (χ4n) is 2.02. The summed E-state index contributed by atoms with van der Waals surface area (Å²) < 4.78 is 5.82. The monoisotopic (exact) mass is 343 g/mol. The molecule has 0 spiro atoms. The predicted octanol–water partition coefficient (Wildman–Crippen LogP) is 5.75. The maximum atomic E-state index is 6.10. The van der Waals surface area contributed by atoms with Crippen LogP contribution in [0.15, 0.2) is 30.3 Å². The number of nitrogens with one attached hydrogen (secondary N) is 1. The summed E-state index contributed by atoms with van der Waals surface area (Å²) in [5.74, 6) is 0.930. The normalized spacial score (nSPS) is 10.5. The summed E-state index contributed by atoms with van der Waals surface area (Å²) in [4.78, 5) is 0. The van der Waals surface area contributed by atoms with E-state index in [1.807, 2.05) is 32.0 Å². The van der Waals surface area contributed by atoms with E-state index in [9.17, 15) is 0 Å². The molecule has 0 aliphatic carbocycles. The molecule has 0 saturated heterocycles. The van der Waals surface area contributed by atoms with Crippen LogP contribution in [0.25, 0.3) is 0 Å². The molecule has 0 unspecified atom stereocenters. The number of aryl methyl sites for hydroxylation is 2. The molecule has 0 aromatic heterocycles. The molecule has 2 nitrogen and oxygen atoms in total. The van der Waals surface area contributed by atoms with Gasteiger partial charge in [0.2, 0.25) is 0 Å². The lowest BCUT2D eigenvalue weighted by Crippen LogP contribution is -2.12. The second-order valence-corrected chi connectivity index (χ2v) is 5.96. The second-order valence-electron chi connectivity index (χ2n) is 4.74. The van der Waals surface area contributed by atoms with E-state index in [0.717, 1.165) is 22.6 Å². The zero-order valence-corrected chi connectivity index (χ0v) is 14.1. The first-order chi connectivity index (χ1) is 9.99. The van der Waals surface area contributed by atoms with E-state index < -0.39 is 0 Å². The van der Waals surface area contributed by atoms with Gasteiger partial charge in [-0.15, -0.1) is 0 Å². The number of halogens is 3. The standard InChI is InChI=1S/C16H16Cl3NO/c1-10-4-3-5-11(2)16(10)21-7-6-20-15-9-13(18)12(17)8-14(15)19/h3-5,8-9,20H,6-7H2,1-2H3. The Bertz CT molecular complexity index is 623. The topological polar surface area (TPSA) is 21.3 Å². The van der Waals surface area contributed by atoms with Crippen LogP contribution in [-0.4, -0.2) is 13.2 Å². The number of ether oxygens (including phenoxy) is 1. The molecule has 0 saturated carbocycles. The molecule has 0 heterocycles. The largest absolute Gasteiger partial charge is 0.491 e. The number of para-hydroxylation sites is 1. The third-order valence-electron chi connectivity index (χ3n) is 3.08. The van der Waals surface area contributed by atoms with Gasteiger partial charge in [-0.3, -0.25) is 0 Å². The van der Waals surface area contributed by atoms with Crippen LogP contribution in [0.2, 0.25) is 15.1 Å². The summed E-state index contributed by atoms with van der Waals surface area (Å²) in [5.41, 5.74) is 3.00. The van der Waals surface area contributed by atoms with Gasteiger partial charge in [0, 0.05) is 6.54 Å². The average Bonchev–Trinajstić information content (AvgIpc) is 2.42. The summed E-state index contributed by atoms with van der Waals surface area (Å²) in [6.07, 6.45) is 0. The molecule has 0 atom stereocenters. The van der Waals surface area contributed by atoms with Crippen molar-refractivity contribution < 1.29 is 4.74 Å². The van der Waals surface area contributed by atoms with Gasteiger partial charge in [-0.25, -0.2) is 0 Å². The summed E-state index contributed by atoms with van der Waals surface area (Å²) >= 11 is 18.0. The highest BCUT2D eigenvalue weighted by molar-refractivity contribution is 6.44. The third-order valence-corrected chi connectivity index (χ3v) is 4.12. The van der Waals surface area contributed by atoms with Crippen molar-refractivity contribution in [3.8, 4) is 5.75 Å². The molecule has 21 heavy (non-hydrogen) atoms. The molecular formula is C16H16Cl3NO. The summed E-state index contributed by atoms with van der Waals surface area (Å²) in [5, 5.41) is 4.64. The quantitative estimate of drug-likeness (QED) is 0.550. The number of rotatable bonds is 5. The predicted molar refractivity (Wildman–Crippen MR) is 91.4 cm³/mol. The highest BCUT2D eigenvalue weighted by atomic mass is 35.5. The van der Waals surface area contributed by atoms with Crippen LogP contribution in [0, 0.1) is 13.8 Å². The minimum Gasteiger partial charge on any atom is -0.491 e. The molecule has 0 fully saturated rings. The van der Waals surface area contributed by atoms with Gasteiger partial charge < -0.3 is 10.1 Å². The Morgan fingerprint density at radius 1 is 0.952 bits per heavy atom. The van der Waals surface area contributed by atoms with Crippen molar-refractivity contribution >= 4 is 40.5 Å². The maximum Gasteiger partial charge on any atom is 0.125 e. The summed E-state index contributed by atoms with van der Waals surface area (Å²) in [6, 6.07) is 9.42. The van der Waals surface area contributed by atoms with E-state index in [2.05, 4.69) is 5.32 Å². The number of hydrogen-bond acceptors (Lipinski definition) is 2. The van der Waals surface area contributed by atoms with Gasteiger partial charge in [0.1, 0.15) is 12.4 Å². The van der Waals surface area contributed by atoms with Gasteiger partial charge in [0.25, 0.3) is 0 Å². The van der Waals surface area contributed by atoms with Crippen LogP contribution >= 0.6 is 34.8 Å². The van der Waals surface area contributed by atoms with Crippen molar-refractivity contribution in [1.82, 2.24) is 0 Å². The molecule has 0 bridgehead atoms. The zero-order chi connectivity index (χ0) is 15.4. The van der Waals surface area contributed by atoms with Crippen molar-refractivity contribution in [3.63, 3.8) is 0 Å². The van der Waals surface area contributed by atoms with Crippen LogP contribution in [0.3, 0.4) is 0 Å². The Morgan fingerprint density at radius 3 is 2.24 bits per heavy atom. The Kier molecular flexibility index (Phi) is 5.63. The molecule has 5 heteroatoms. The first-order valence-corrected chi connectivity index (χ1v) is 7.70. The maximum absolute atomic E-state index is 6.10. The van der Waals surface area contributed by atoms with Crippen molar-refractivity contribution in [3.05, 3.63) is 56.5 Å². The zero-order valence-electron chi connectivity index (χ0n) is 11.8. The fourth-order valence-corrected chi connectivity index (χ4v) is 2.64. The summed E-state index contributed by atoms with van der Waals surface area (Å²) in [6.45, 7) is 5.21. The molecule has 0 amide bonds. The van der Waals surface area contributed by atoms with Gasteiger partial charge in [-0.05, 0) is 37.1 Å². The van der Waals surface area contributed by atoms with Gasteiger partial charge in [-0.1, -0.05) is 53.0 Å². The van der Waals surface area contributed by atoms with Crippen LogP contribution in [-0.2, 0) is 0 Å². The average molecular weight is 345 g/mol. The Hall–Kier alpha value is -1.09. The molecule has 2 aromatic rings. The molecule has 1 N–H and O–H groups in total. The number of benzene rings is 2. The lowest BCUT2D eigenvalue weighted by Gasteiger charge is -2.13. The Labute approximate surface area is 140 Å². The lowest BCUT2D eigenvalue weighted by molar-refractivity contribution is 0.328. The van der Waals surface area contributed by atoms with Crippen molar-refractivity contribution in [2.24, 2.45) is 0 Å². The van der Waals surface area contributed by atoms with E-state index in [0.29, 0.717) is 28.2 Å². The molecule has 0 aliphatic rings. The minimum absolute atomic E-state index is 0.444. The van der Waals surface area contributed by atoms with Crippen LogP contribution in [0.5, 0.6) is 5.75 Å². The van der Waals surface area contributed by atoms with Gasteiger partial charge >= 0.3 is 0 Å². The van der Waals surface area contributed by atoms with E-state index >= 15 is 0 Å². The molecular weight excluding hydrogens is 329 g/mol. The van der Waals surface area contributed by atoms with Gasteiger partial charge in [0.05, 0.1) is 20.8 Å². The van der Waals surface area contributed by atoms with Crippen LogP contribution in [0.4, 0.5) is 5.69 Å². The van der Waals surface area contributed by atoms with Gasteiger partial charge in [0.15, 0.2) is 0 Å². The Balaban J connectivity index is 1.92. The first-order valence-electron chi connectivity index (χ1n) is 6.56. The fraction of sp³-hybridized carbons (Fsp3) is 0.250. The first kappa shape index (κ1) is 16.3. The van der Waals surface area contributed by atoms with Crippen molar-refractivity contribution in [1.29, 1.82) is 0 Å². The van der Waals surface area contributed by atoms with Crippen molar-refractivity contribution in [2.75, 3.05) is 18.5 Å². The van der Waals surface area contributed by atoms with E-state index in [4.69, 9.17) is 39.5 Å². The molecule has 0 radical (unpaired) electrons. The SMILES string of the molecule is Cc1cccc(C)c1OCCNc1cc(Cl)c(Cl)cc1Cl. The Morgan fingerprint density at radius 2 is 1.57 bits per heavy atom. The lowest BCUT2D eigenvalue weighted by atomic mass is 10.1.